The highest BCUT2D eigenvalue weighted by Gasteiger charge is 2.45. The largest absolute Gasteiger partial charge is 0.356 e. The van der Waals surface area contributed by atoms with Crippen LogP contribution in [0.25, 0.3) is 0 Å². The molecule has 0 saturated heterocycles. The minimum Gasteiger partial charge on any atom is -0.356 e. The predicted molar refractivity (Wildman–Crippen MR) is 118 cm³/mol. The molecule has 0 heterocycles. The summed E-state index contributed by atoms with van der Waals surface area (Å²) in [6.45, 7) is 9.22. The molecule has 1 fully saturated rings. The first-order valence-electron chi connectivity index (χ1n) is 8.31. The summed E-state index contributed by atoms with van der Waals surface area (Å²) in [4.78, 5) is 4.32. The SMILES string of the molecule is CN=C(NCCNC(C)(C)C)NCC1(c2ccccc2Br)CC1.I. The third kappa shape index (κ3) is 6.52. The minimum atomic E-state index is 0. The maximum absolute atomic E-state index is 4.32. The van der Waals surface area contributed by atoms with Crippen molar-refractivity contribution >= 4 is 45.9 Å². The number of nitrogens with one attached hydrogen (secondary N) is 3. The van der Waals surface area contributed by atoms with Crippen LogP contribution in [0.3, 0.4) is 0 Å². The molecule has 0 bridgehead atoms. The van der Waals surface area contributed by atoms with E-state index >= 15 is 0 Å². The van der Waals surface area contributed by atoms with E-state index in [2.05, 4.69) is 81.9 Å². The van der Waals surface area contributed by atoms with Crippen molar-refractivity contribution in [2.45, 2.75) is 44.6 Å². The van der Waals surface area contributed by atoms with Gasteiger partial charge in [0.2, 0.25) is 0 Å². The Morgan fingerprint density at radius 2 is 1.83 bits per heavy atom. The first-order chi connectivity index (χ1) is 10.9. The molecule has 4 nitrogen and oxygen atoms in total. The van der Waals surface area contributed by atoms with Crippen LogP contribution >= 0.6 is 39.9 Å². The second kappa shape index (κ2) is 9.38. The lowest BCUT2D eigenvalue weighted by molar-refractivity contribution is 0.428. The summed E-state index contributed by atoms with van der Waals surface area (Å²) >= 11 is 3.68. The Morgan fingerprint density at radius 1 is 1.17 bits per heavy atom. The molecule has 3 N–H and O–H groups in total. The zero-order valence-corrected chi connectivity index (χ0v) is 19.0. The molecule has 0 spiro atoms. The Bertz CT molecular complexity index is 550. The van der Waals surface area contributed by atoms with Gasteiger partial charge in [-0.05, 0) is 45.2 Å². The van der Waals surface area contributed by atoms with Crippen LogP contribution < -0.4 is 16.0 Å². The Labute approximate surface area is 171 Å². The summed E-state index contributed by atoms with van der Waals surface area (Å²) < 4.78 is 1.21. The molecule has 136 valence electrons. The molecule has 1 saturated carbocycles. The van der Waals surface area contributed by atoms with Crippen molar-refractivity contribution in [2.75, 3.05) is 26.7 Å². The lowest BCUT2D eigenvalue weighted by atomic mass is 9.96. The van der Waals surface area contributed by atoms with Gasteiger partial charge in [0.15, 0.2) is 5.96 Å². The standard InChI is InChI=1S/C18H29BrN4.HI/c1-17(2,3)23-12-11-21-16(20-4)22-13-18(9-10-18)14-7-5-6-8-15(14)19;/h5-8,23H,9-13H2,1-4H3,(H2,20,21,22);1H. The molecule has 0 amide bonds. The van der Waals surface area contributed by atoms with E-state index in [9.17, 15) is 0 Å². The maximum Gasteiger partial charge on any atom is 0.191 e. The van der Waals surface area contributed by atoms with Gasteiger partial charge < -0.3 is 16.0 Å². The average molecular weight is 509 g/mol. The maximum atomic E-state index is 4.32. The van der Waals surface area contributed by atoms with Gasteiger partial charge in [0, 0.05) is 42.1 Å². The fourth-order valence-electron chi connectivity index (χ4n) is 2.68. The van der Waals surface area contributed by atoms with E-state index in [4.69, 9.17) is 0 Å². The van der Waals surface area contributed by atoms with Gasteiger partial charge >= 0.3 is 0 Å². The number of guanidine groups is 1. The summed E-state index contributed by atoms with van der Waals surface area (Å²) in [5.74, 6) is 0.874. The summed E-state index contributed by atoms with van der Waals surface area (Å²) in [6.07, 6.45) is 2.45. The Hall–Kier alpha value is -0.340. The number of aliphatic imine (C=N–C) groups is 1. The second-order valence-corrected chi connectivity index (χ2v) is 8.14. The van der Waals surface area contributed by atoms with Crippen LogP contribution in [0.4, 0.5) is 0 Å². The molecule has 24 heavy (non-hydrogen) atoms. The highest BCUT2D eigenvalue weighted by molar-refractivity contribution is 14.0. The first kappa shape index (κ1) is 21.7. The Balaban J connectivity index is 0.00000288. The number of benzene rings is 1. The number of rotatable bonds is 6. The predicted octanol–water partition coefficient (Wildman–Crippen LogP) is 3.65. The third-order valence-corrected chi connectivity index (χ3v) is 4.88. The van der Waals surface area contributed by atoms with Gasteiger partial charge in [-0.3, -0.25) is 4.99 Å². The lowest BCUT2D eigenvalue weighted by Crippen LogP contribution is -2.46. The molecule has 1 aliphatic rings. The highest BCUT2D eigenvalue weighted by Crippen LogP contribution is 2.49. The Kier molecular flexibility index (Phi) is 8.48. The van der Waals surface area contributed by atoms with Crippen molar-refractivity contribution < 1.29 is 0 Å². The molecular weight excluding hydrogens is 479 g/mol. The molecule has 0 unspecified atom stereocenters. The normalized spacial score (nSPS) is 16.3. The summed E-state index contributed by atoms with van der Waals surface area (Å²) in [5.41, 5.74) is 1.80. The summed E-state index contributed by atoms with van der Waals surface area (Å²) in [6, 6.07) is 8.54. The first-order valence-corrected chi connectivity index (χ1v) is 9.10. The van der Waals surface area contributed by atoms with Crippen LogP contribution in [0.15, 0.2) is 33.7 Å². The van der Waals surface area contributed by atoms with Gasteiger partial charge in [-0.25, -0.2) is 0 Å². The quantitative estimate of drug-likeness (QED) is 0.238. The smallest absolute Gasteiger partial charge is 0.191 e. The Morgan fingerprint density at radius 3 is 2.38 bits per heavy atom. The van der Waals surface area contributed by atoms with E-state index in [0.717, 1.165) is 25.6 Å². The highest BCUT2D eigenvalue weighted by atomic mass is 127. The molecule has 0 aliphatic heterocycles. The molecule has 6 heteroatoms. The van der Waals surface area contributed by atoms with Gasteiger partial charge in [-0.2, -0.15) is 0 Å². The van der Waals surface area contributed by atoms with Crippen LogP contribution in [-0.2, 0) is 5.41 Å². The minimum absolute atomic E-state index is 0. The molecule has 1 aromatic rings. The molecule has 0 aromatic heterocycles. The number of halogens is 2. The average Bonchev–Trinajstić information content (AvgIpc) is 3.27. The van der Waals surface area contributed by atoms with E-state index in [1.54, 1.807) is 0 Å². The molecule has 1 aromatic carbocycles. The number of nitrogens with zero attached hydrogens (tertiary/aromatic N) is 1. The summed E-state index contributed by atoms with van der Waals surface area (Å²) in [7, 11) is 1.82. The van der Waals surface area contributed by atoms with E-state index in [0.29, 0.717) is 0 Å². The van der Waals surface area contributed by atoms with Gasteiger partial charge in [-0.15, -0.1) is 24.0 Å². The zero-order valence-electron chi connectivity index (χ0n) is 15.1. The van der Waals surface area contributed by atoms with Crippen molar-refractivity contribution in [3.63, 3.8) is 0 Å². The fourth-order valence-corrected chi connectivity index (χ4v) is 3.38. The fraction of sp³-hybridized carbons (Fsp3) is 0.611. The third-order valence-electron chi connectivity index (χ3n) is 4.19. The van der Waals surface area contributed by atoms with Gasteiger partial charge in [0.05, 0.1) is 0 Å². The van der Waals surface area contributed by atoms with Crippen molar-refractivity contribution in [2.24, 2.45) is 4.99 Å². The number of hydrogen-bond donors (Lipinski definition) is 3. The van der Waals surface area contributed by atoms with E-state index < -0.39 is 0 Å². The van der Waals surface area contributed by atoms with E-state index in [1.807, 2.05) is 7.05 Å². The molecular formula is C18H30BrIN4. The van der Waals surface area contributed by atoms with Crippen LogP contribution in [-0.4, -0.2) is 38.2 Å². The second-order valence-electron chi connectivity index (χ2n) is 7.29. The van der Waals surface area contributed by atoms with Crippen molar-refractivity contribution in [1.29, 1.82) is 0 Å². The van der Waals surface area contributed by atoms with Crippen LogP contribution in [0.5, 0.6) is 0 Å². The monoisotopic (exact) mass is 508 g/mol. The van der Waals surface area contributed by atoms with Crippen molar-refractivity contribution in [1.82, 2.24) is 16.0 Å². The molecule has 0 radical (unpaired) electrons. The van der Waals surface area contributed by atoms with Crippen LogP contribution in [0.1, 0.15) is 39.2 Å². The topological polar surface area (TPSA) is 48.5 Å². The van der Waals surface area contributed by atoms with Gasteiger partial charge in [0.25, 0.3) is 0 Å². The van der Waals surface area contributed by atoms with Crippen LogP contribution in [0, 0.1) is 0 Å². The molecule has 1 aliphatic carbocycles. The zero-order chi connectivity index (χ0) is 16.9. The van der Waals surface area contributed by atoms with E-state index in [-0.39, 0.29) is 34.9 Å². The van der Waals surface area contributed by atoms with Gasteiger partial charge in [0.1, 0.15) is 0 Å². The summed E-state index contributed by atoms with van der Waals surface area (Å²) in [5, 5.41) is 10.3. The van der Waals surface area contributed by atoms with Crippen molar-refractivity contribution in [3.8, 4) is 0 Å². The van der Waals surface area contributed by atoms with E-state index in [1.165, 1.54) is 22.9 Å². The molecule has 0 atom stereocenters. The van der Waals surface area contributed by atoms with Gasteiger partial charge in [-0.1, -0.05) is 34.1 Å². The van der Waals surface area contributed by atoms with Crippen LogP contribution in [0.2, 0.25) is 0 Å². The number of hydrogen-bond acceptors (Lipinski definition) is 2. The van der Waals surface area contributed by atoms with Crippen molar-refractivity contribution in [3.05, 3.63) is 34.3 Å². The molecule has 2 rings (SSSR count). The lowest BCUT2D eigenvalue weighted by Gasteiger charge is -2.22.